The van der Waals surface area contributed by atoms with Crippen molar-refractivity contribution in [2.45, 2.75) is 61.0 Å². The molecular weight excluding hydrogens is 499 g/mol. The van der Waals surface area contributed by atoms with Crippen molar-refractivity contribution in [3.63, 3.8) is 0 Å². The maximum Gasteiger partial charge on any atom is 0.430 e. The number of hydrogen-bond acceptors (Lipinski definition) is 2. The van der Waals surface area contributed by atoms with Crippen LogP contribution in [-0.2, 0) is 26.0 Å². The summed E-state index contributed by atoms with van der Waals surface area (Å²) < 4.78 is 173. The van der Waals surface area contributed by atoms with Crippen LogP contribution < -0.4 is 0 Å². The molecule has 1 aromatic carbocycles. The van der Waals surface area contributed by atoms with Gasteiger partial charge >= 0.3 is 24.7 Å². The molecule has 34 heavy (non-hydrogen) atoms. The number of halogens is 12. The molecule has 0 aliphatic heterocycles. The third kappa shape index (κ3) is 4.16. The van der Waals surface area contributed by atoms with Crippen LogP contribution in [0.3, 0.4) is 0 Å². The second-order valence-electron chi connectivity index (χ2n) is 8.56. The Labute approximate surface area is 187 Å². The van der Waals surface area contributed by atoms with Crippen LogP contribution in [0.25, 0.3) is 0 Å². The first-order chi connectivity index (χ1) is 15.0. The molecule has 194 valence electrons. The van der Waals surface area contributed by atoms with Gasteiger partial charge in [0.1, 0.15) is 7.85 Å². The van der Waals surface area contributed by atoms with E-state index in [4.69, 9.17) is 0 Å². The molecular formula is C19H19BF12O2. The lowest BCUT2D eigenvalue weighted by molar-refractivity contribution is -0.385. The van der Waals surface area contributed by atoms with Gasteiger partial charge in [0.2, 0.25) is 0 Å². The van der Waals surface area contributed by atoms with E-state index in [0.717, 1.165) is 0 Å². The number of methoxy groups -OCH3 is 2. The van der Waals surface area contributed by atoms with Gasteiger partial charge < -0.3 is 9.47 Å². The van der Waals surface area contributed by atoms with Gasteiger partial charge in [-0.1, -0.05) is 31.9 Å². The summed E-state index contributed by atoms with van der Waals surface area (Å²) in [5.41, 5.74) is -15.0. The van der Waals surface area contributed by atoms with Crippen LogP contribution in [0.1, 0.15) is 36.5 Å². The maximum absolute atomic E-state index is 13.8. The van der Waals surface area contributed by atoms with E-state index in [9.17, 15) is 52.7 Å². The van der Waals surface area contributed by atoms with Gasteiger partial charge in [0, 0.05) is 25.3 Å². The van der Waals surface area contributed by atoms with E-state index < -0.39 is 69.9 Å². The molecule has 1 saturated carbocycles. The van der Waals surface area contributed by atoms with Gasteiger partial charge in [0.05, 0.1) is 0 Å². The smallest absolute Gasteiger partial charge is 0.357 e. The molecule has 1 aliphatic rings. The van der Waals surface area contributed by atoms with Crippen LogP contribution in [0.15, 0.2) is 18.2 Å². The van der Waals surface area contributed by atoms with Gasteiger partial charge in [-0.15, -0.1) is 0 Å². The van der Waals surface area contributed by atoms with Gasteiger partial charge in [0.15, 0.2) is 0 Å². The van der Waals surface area contributed by atoms with Gasteiger partial charge in [0.25, 0.3) is 11.2 Å². The van der Waals surface area contributed by atoms with Crippen LogP contribution in [0.2, 0.25) is 0 Å². The zero-order chi connectivity index (χ0) is 26.8. The molecule has 1 aliphatic carbocycles. The molecule has 0 spiro atoms. The van der Waals surface area contributed by atoms with E-state index >= 15 is 0 Å². The second kappa shape index (κ2) is 8.21. The molecule has 2 rings (SSSR count). The fraction of sp³-hybridized carbons (Fsp3) is 0.684. The molecule has 0 bridgehead atoms. The topological polar surface area (TPSA) is 18.5 Å². The fourth-order valence-corrected chi connectivity index (χ4v) is 4.12. The van der Waals surface area contributed by atoms with Gasteiger partial charge in [-0.2, -0.15) is 52.7 Å². The Morgan fingerprint density at radius 2 is 0.882 bits per heavy atom. The van der Waals surface area contributed by atoms with Crippen LogP contribution >= 0.6 is 0 Å². The monoisotopic (exact) mass is 518 g/mol. The Morgan fingerprint density at radius 3 is 1.09 bits per heavy atom. The normalized spacial score (nSPS) is 18.7. The van der Waals surface area contributed by atoms with Crippen molar-refractivity contribution < 1.29 is 62.2 Å². The van der Waals surface area contributed by atoms with Crippen LogP contribution in [-0.4, -0.2) is 46.8 Å². The molecule has 15 heteroatoms. The molecule has 0 aromatic heterocycles. The second-order valence-corrected chi connectivity index (χ2v) is 8.56. The first-order valence-electron chi connectivity index (χ1n) is 9.58. The Bertz CT molecular complexity index is 808. The predicted molar refractivity (Wildman–Crippen MR) is 96.7 cm³/mol. The zero-order valence-electron chi connectivity index (χ0n) is 18.1. The number of alkyl halides is 12. The minimum Gasteiger partial charge on any atom is -0.357 e. The summed E-state index contributed by atoms with van der Waals surface area (Å²) in [6.45, 7) is 1.30. The Morgan fingerprint density at radius 1 is 0.618 bits per heavy atom. The summed E-state index contributed by atoms with van der Waals surface area (Å²) in [5.74, 6) is -0.391. The van der Waals surface area contributed by atoms with Crippen LogP contribution in [0.5, 0.6) is 0 Å². The van der Waals surface area contributed by atoms with Gasteiger partial charge in [-0.3, -0.25) is 0 Å². The summed E-state index contributed by atoms with van der Waals surface area (Å²) in [6.07, 6.45) is -24.3. The molecule has 0 heterocycles. The molecule has 1 atom stereocenters. The van der Waals surface area contributed by atoms with Crippen molar-refractivity contribution in [2.24, 2.45) is 5.92 Å². The SMILES string of the molecule is BC(C)(c1cc(C(OC)(C(F)(F)F)C(F)(F)F)cc(C(OC)(C(F)(F)F)C(F)(F)F)c1)C1CC1. The molecule has 1 aromatic rings. The summed E-state index contributed by atoms with van der Waals surface area (Å²) in [6, 6.07) is 0.125. The van der Waals surface area contributed by atoms with Crippen molar-refractivity contribution >= 4 is 7.85 Å². The van der Waals surface area contributed by atoms with E-state index in [1.807, 2.05) is 0 Å². The van der Waals surface area contributed by atoms with E-state index in [1.165, 1.54) is 14.8 Å². The third-order valence-electron chi connectivity index (χ3n) is 6.30. The van der Waals surface area contributed by atoms with Crippen molar-refractivity contribution in [1.29, 1.82) is 0 Å². The minimum absolute atomic E-state index is 0.0104. The van der Waals surface area contributed by atoms with Crippen molar-refractivity contribution in [3.05, 3.63) is 34.9 Å². The minimum atomic E-state index is -6.30. The zero-order valence-corrected chi connectivity index (χ0v) is 18.1. The lowest BCUT2D eigenvalue weighted by atomic mass is 9.61. The van der Waals surface area contributed by atoms with E-state index in [1.54, 1.807) is 0 Å². The summed E-state index contributed by atoms with van der Waals surface area (Å²) in [7, 11) is 1.33. The summed E-state index contributed by atoms with van der Waals surface area (Å²) >= 11 is 0. The summed E-state index contributed by atoms with van der Waals surface area (Å²) in [4.78, 5) is 0. The quantitative estimate of drug-likeness (QED) is 0.346. The van der Waals surface area contributed by atoms with Gasteiger partial charge in [-0.25, -0.2) is 0 Å². The Kier molecular flexibility index (Phi) is 6.90. The highest BCUT2D eigenvalue weighted by Gasteiger charge is 2.75. The Balaban J connectivity index is 3.11. The highest BCUT2D eigenvalue weighted by atomic mass is 19.4. The highest BCUT2D eigenvalue weighted by Crippen LogP contribution is 2.57. The third-order valence-corrected chi connectivity index (χ3v) is 6.30. The summed E-state index contributed by atoms with van der Waals surface area (Å²) in [5, 5.41) is -1.36. The van der Waals surface area contributed by atoms with E-state index in [-0.39, 0.29) is 14.2 Å². The average Bonchev–Trinajstić information content (AvgIpc) is 3.44. The molecule has 0 N–H and O–H groups in total. The lowest BCUT2D eigenvalue weighted by Gasteiger charge is -2.40. The van der Waals surface area contributed by atoms with Crippen molar-refractivity contribution in [2.75, 3.05) is 14.2 Å². The molecule has 1 fully saturated rings. The lowest BCUT2D eigenvalue weighted by Crippen LogP contribution is -2.57. The Hall–Kier alpha value is -1.64. The highest BCUT2D eigenvalue weighted by molar-refractivity contribution is 6.16. The van der Waals surface area contributed by atoms with E-state index in [0.29, 0.717) is 25.0 Å². The molecule has 1 unspecified atom stereocenters. The number of rotatable bonds is 6. The molecule has 0 amide bonds. The van der Waals surface area contributed by atoms with Crippen LogP contribution in [0.4, 0.5) is 52.7 Å². The van der Waals surface area contributed by atoms with Crippen LogP contribution in [0, 0.1) is 5.92 Å². The molecule has 0 saturated heterocycles. The van der Waals surface area contributed by atoms with Crippen molar-refractivity contribution in [1.82, 2.24) is 0 Å². The molecule has 0 radical (unpaired) electrons. The first kappa shape index (κ1) is 28.6. The number of ether oxygens (including phenoxy) is 2. The maximum atomic E-state index is 13.8. The number of hydrogen-bond donors (Lipinski definition) is 0. The molecule has 2 nitrogen and oxygen atoms in total. The van der Waals surface area contributed by atoms with Crippen molar-refractivity contribution in [3.8, 4) is 0 Å². The fourth-order valence-electron chi connectivity index (χ4n) is 4.12. The standard InChI is InChI=1S/C19H19BF12O2/c1-13(20,9-4-5-9)10-6-11(14(33-2,16(21,22)23)17(24,25)26)8-12(7-10)15(34-3,18(27,28)29)19(30,31)32/h6-9H,4-5,20H2,1-3H3. The largest absolute Gasteiger partial charge is 0.430 e. The van der Waals surface area contributed by atoms with E-state index in [2.05, 4.69) is 9.47 Å². The predicted octanol–water partition coefficient (Wildman–Crippen LogP) is 5.88. The first-order valence-corrected chi connectivity index (χ1v) is 9.58. The number of benzene rings is 1. The van der Waals surface area contributed by atoms with Gasteiger partial charge in [-0.05, 0) is 22.9 Å². The average molecular weight is 518 g/mol.